The van der Waals surface area contributed by atoms with Crippen LogP contribution in [0.3, 0.4) is 0 Å². The van der Waals surface area contributed by atoms with Gasteiger partial charge in [-0.1, -0.05) is 92.4 Å². The Morgan fingerprint density at radius 1 is 0.605 bits per heavy atom. The van der Waals surface area contributed by atoms with Crippen LogP contribution in [0.1, 0.15) is 49.7 Å². The molecule has 0 atom stereocenters. The van der Waals surface area contributed by atoms with E-state index in [2.05, 4.69) is 107 Å². The van der Waals surface area contributed by atoms with Gasteiger partial charge in [0.2, 0.25) is 0 Å². The van der Waals surface area contributed by atoms with Gasteiger partial charge in [0.15, 0.2) is 0 Å². The topological polar surface area (TPSA) is 30.1 Å². The van der Waals surface area contributed by atoms with E-state index in [-0.39, 0.29) is 6.71 Å². The standard InChI is InChI=1S/C39H35BN2O/c1-25-20-21-31-39-36(25)29-15-8-10-19-33(29)42(39)35-24-26(13-6-4-2-3-5-11-22-43)23-34-37(35)40(31)30-17-12-16-28-27-14-7-9-18-32(27)41(34)38(28)30/h7-10,12,14-21,23-24,43H,2-6,11,13,22H2,1H3. The zero-order chi connectivity index (χ0) is 28.7. The number of rotatable bonds is 8. The number of aliphatic hydroxyl groups is 1. The Hall–Kier alpha value is -4.28. The minimum absolute atomic E-state index is 0.200. The monoisotopic (exact) mass is 558 g/mol. The smallest absolute Gasteiger partial charge is 0.252 e. The molecule has 1 N–H and O–H groups in total. The summed E-state index contributed by atoms with van der Waals surface area (Å²) in [5, 5.41) is 14.6. The van der Waals surface area contributed by atoms with E-state index in [0.717, 1.165) is 19.3 Å². The number of aliphatic hydroxyl groups excluding tert-OH is 1. The molecular formula is C39H35BN2O. The summed E-state index contributed by atoms with van der Waals surface area (Å²) >= 11 is 0. The van der Waals surface area contributed by atoms with Gasteiger partial charge in [-0.2, -0.15) is 0 Å². The maximum atomic E-state index is 9.13. The lowest BCUT2D eigenvalue weighted by atomic mass is 9.34. The maximum Gasteiger partial charge on any atom is 0.252 e. The minimum Gasteiger partial charge on any atom is -0.396 e. The number of para-hydroxylation sites is 3. The van der Waals surface area contributed by atoms with Crippen molar-refractivity contribution < 1.29 is 5.11 Å². The molecule has 43 heavy (non-hydrogen) atoms. The Morgan fingerprint density at radius 2 is 1.23 bits per heavy atom. The molecule has 2 aromatic heterocycles. The average molecular weight is 559 g/mol. The third kappa shape index (κ3) is 3.47. The molecule has 0 unspecified atom stereocenters. The molecule has 9 rings (SSSR count). The Morgan fingerprint density at radius 3 is 2.02 bits per heavy atom. The zero-order valence-corrected chi connectivity index (χ0v) is 24.7. The first kappa shape index (κ1) is 25.2. The molecule has 2 aliphatic rings. The lowest BCUT2D eigenvalue weighted by molar-refractivity contribution is 0.282. The van der Waals surface area contributed by atoms with Crippen molar-refractivity contribution in [3.8, 4) is 11.4 Å². The number of fused-ring (bicyclic) bond motifs is 10. The number of hydrogen-bond acceptors (Lipinski definition) is 1. The normalized spacial score (nSPS) is 13.1. The van der Waals surface area contributed by atoms with Crippen molar-refractivity contribution in [2.75, 3.05) is 6.61 Å². The fourth-order valence-corrected chi connectivity index (χ4v) is 8.42. The van der Waals surface area contributed by atoms with Crippen LogP contribution in [0.2, 0.25) is 0 Å². The first-order valence-electron chi connectivity index (χ1n) is 16.1. The van der Waals surface area contributed by atoms with Crippen LogP contribution in [-0.2, 0) is 6.42 Å². The van der Waals surface area contributed by atoms with Gasteiger partial charge in [0.05, 0.1) is 11.0 Å². The van der Waals surface area contributed by atoms with Gasteiger partial charge in [0, 0.05) is 50.6 Å². The van der Waals surface area contributed by atoms with Crippen molar-refractivity contribution in [3.05, 3.63) is 102 Å². The Labute approximate surface area is 252 Å². The van der Waals surface area contributed by atoms with Crippen molar-refractivity contribution in [1.82, 2.24) is 9.13 Å². The lowest BCUT2D eigenvalue weighted by Gasteiger charge is -2.34. The fourth-order valence-electron chi connectivity index (χ4n) is 8.42. The van der Waals surface area contributed by atoms with Crippen LogP contribution in [0.15, 0.2) is 91.0 Å². The Bertz CT molecular complexity index is 2240. The van der Waals surface area contributed by atoms with Crippen LogP contribution in [-0.4, -0.2) is 27.6 Å². The first-order chi connectivity index (χ1) is 21.3. The third-order valence-corrected chi connectivity index (χ3v) is 10.2. The summed E-state index contributed by atoms with van der Waals surface area (Å²) in [6.45, 7) is 2.78. The molecule has 0 spiro atoms. The highest BCUT2D eigenvalue weighted by atomic mass is 16.2. The van der Waals surface area contributed by atoms with Crippen molar-refractivity contribution in [3.63, 3.8) is 0 Å². The van der Waals surface area contributed by atoms with Gasteiger partial charge in [0.25, 0.3) is 6.71 Å². The van der Waals surface area contributed by atoms with Crippen molar-refractivity contribution >= 4 is 66.7 Å². The van der Waals surface area contributed by atoms with E-state index in [0.29, 0.717) is 6.61 Å². The SMILES string of the molecule is Cc1ccc2c3c1c1ccccc1n3-c1cc(CCCCCCCCO)cc3c1B2c1cccc2c4ccccc4n-3c12. The molecule has 0 saturated heterocycles. The number of hydrogen-bond donors (Lipinski definition) is 1. The maximum absolute atomic E-state index is 9.13. The summed E-state index contributed by atoms with van der Waals surface area (Å²) in [6.07, 6.45) is 8.02. The van der Waals surface area contributed by atoms with E-state index in [1.165, 1.54) is 108 Å². The van der Waals surface area contributed by atoms with Crippen LogP contribution >= 0.6 is 0 Å². The highest BCUT2D eigenvalue weighted by Gasteiger charge is 2.40. The second kappa shape index (κ2) is 9.62. The number of aromatic nitrogens is 2. The molecule has 0 saturated carbocycles. The van der Waals surface area contributed by atoms with Crippen LogP contribution in [0.4, 0.5) is 0 Å². The molecule has 2 aliphatic heterocycles. The number of nitrogens with zero attached hydrogens (tertiary/aromatic N) is 2. The van der Waals surface area contributed by atoms with Crippen LogP contribution < -0.4 is 16.4 Å². The molecule has 4 heterocycles. The second-order valence-electron chi connectivity index (χ2n) is 12.7. The van der Waals surface area contributed by atoms with Crippen molar-refractivity contribution in [1.29, 1.82) is 0 Å². The van der Waals surface area contributed by atoms with E-state index in [9.17, 15) is 0 Å². The number of unbranched alkanes of at least 4 members (excludes halogenated alkanes) is 5. The average Bonchev–Trinajstić information content (AvgIpc) is 3.57. The molecule has 5 aromatic carbocycles. The number of benzene rings is 5. The highest BCUT2D eigenvalue weighted by molar-refractivity contribution is 7.00. The van der Waals surface area contributed by atoms with Gasteiger partial charge < -0.3 is 14.2 Å². The zero-order valence-electron chi connectivity index (χ0n) is 24.7. The molecule has 4 heteroatoms. The van der Waals surface area contributed by atoms with Crippen LogP contribution in [0, 0.1) is 6.92 Å². The summed E-state index contributed by atoms with van der Waals surface area (Å²) in [5.74, 6) is 0. The molecule has 0 radical (unpaired) electrons. The van der Waals surface area contributed by atoms with Gasteiger partial charge in [-0.3, -0.25) is 0 Å². The van der Waals surface area contributed by atoms with Crippen LogP contribution in [0.5, 0.6) is 0 Å². The van der Waals surface area contributed by atoms with Gasteiger partial charge in [0.1, 0.15) is 0 Å². The molecule has 210 valence electrons. The third-order valence-electron chi connectivity index (χ3n) is 10.2. The molecule has 0 fully saturated rings. The second-order valence-corrected chi connectivity index (χ2v) is 12.7. The van der Waals surface area contributed by atoms with Crippen molar-refractivity contribution in [2.45, 2.75) is 51.9 Å². The quantitative estimate of drug-likeness (QED) is 0.155. The lowest BCUT2D eigenvalue weighted by Crippen LogP contribution is -2.59. The summed E-state index contributed by atoms with van der Waals surface area (Å²) in [5.41, 5.74) is 15.1. The van der Waals surface area contributed by atoms with E-state index in [1.54, 1.807) is 0 Å². The van der Waals surface area contributed by atoms with E-state index in [1.807, 2.05) is 0 Å². The minimum atomic E-state index is 0.200. The van der Waals surface area contributed by atoms with Gasteiger partial charge in [-0.05, 0) is 78.0 Å². The highest BCUT2D eigenvalue weighted by Crippen LogP contribution is 2.40. The van der Waals surface area contributed by atoms with E-state index < -0.39 is 0 Å². The first-order valence-corrected chi connectivity index (χ1v) is 16.1. The van der Waals surface area contributed by atoms with Crippen molar-refractivity contribution in [2.24, 2.45) is 0 Å². The Balaban J connectivity index is 1.33. The molecule has 0 bridgehead atoms. The largest absolute Gasteiger partial charge is 0.396 e. The number of aryl methyl sites for hydroxylation is 2. The summed E-state index contributed by atoms with van der Waals surface area (Å²) in [6, 6.07) is 34.7. The van der Waals surface area contributed by atoms with Gasteiger partial charge in [-0.25, -0.2) is 0 Å². The predicted molar refractivity (Wildman–Crippen MR) is 183 cm³/mol. The van der Waals surface area contributed by atoms with E-state index in [4.69, 9.17) is 5.11 Å². The molecule has 7 aromatic rings. The van der Waals surface area contributed by atoms with Gasteiger partial charge in [-0.15, -0.1) is 0 Å². The Kier molecular flexibility index (Phi) is 5.65. The fraction of sp³-hybridized carbons (Fsp3) is 0.231. The molecule has 3 nitrogen and oxygen atoms in total. The molecular weight excluding hydrogens is 523 g/mol. The van der Waals surface area contributed by atoms with Gasteiger partial charge >= 0.3 is 0 Å². The predicted octanol–water partition coefficient (Wildman–Crippen LogP) is 7.21. The molecule has 0 aliphatic carbocycles. The van der Waals surface area contributed by atoms with Crippen LogP contribution in [0.25, 0.3) is 55.0 Å². The molecule has 0 amide bonds. The summed E-state index contributed by atoms with van der Waals surface area (Å²) in [4.78, 5) is 0. The van der Waals surface area contributed by atoms with E-state index >= 15 is 0 Å². The summed E-state index contributed by atoms with van der Waals surface area (Å²) in [7, 11) is 0. The summed E-state index contributed by atoms with van der Waals surface area (Å²) < 4.78 is 5.17.